The molecule has 0 aliphatic rings. The number of hydrogen-bond acceptors (Lipinski definition) is 1. The predicted octanol–water partition coefficient (Wildman–Crippen LogP) is 1.82. The van der Waals surface area contributed by atoms with Gasteiger partial charge in [-0.1, -0.05) is 0 Å². The summed E-state index contributed by atoms with van der Waals surface area (Å²) in [5, 5.41) is 0. The minimum absolute atomic E-state index is 0.0995. The summed E-state index contributed by atoms with van der Waals surface area (Å²) in [6.07, 6.45) is 5.04. The molecule has 0 saturated heterocycles. The third-order valence-electron chi connectivity index (χ3n) is 1.40. The van der Waals surface area contributed by atoms with E-state index in [9.17, 15) is 4.39 Å². The van der Waals surface area contributed by atoms with Gasteiger partial charge in [0.15, 0.2) is 5.82 Å². The normalized spacial score (nSPS) is 9.27. The van der Waals surface area contributed by atoms with E-state index in [-0.39, 0.29) is 5.69 Å². The summed E-state index contributed by atoms with van der Waals surface area (Å²) in [6.45, 7) is 3.46. The minimum atomic E-state index is -0.391. The highest BCUT2D eigenvalue weighted by atomic mass is 19.1. The molecule has 0 N–H and O–H groups in total. The van der Waals surface area contributed by atoms with Gasteiger partial charge in [0, 0.05) is 5.69 Å². The fourth-order valence-corrected chi connectivity index (χ4v) is 0.917. The Kier molecular flexibility index (Phi) is 1.91. The van der Waals surface area contributed by atoms with Gasteiger partial charge in [-0.05, 0) is 31.4 Å². The Morgan fingerprint density at radius 2 is 2.18 bits per heavy atom. The van der Waals surface area contributed by atoms with Crippen molar-refractivity contribution in [2.45, 2.75) is 13.8 Å². The lowest BCUT2D eigenvalue weighted by molar-refractivity contribution is 0.606. The van der Waals surface area contributed by atoms with Crippen LogP contribution < -0.4 is 0 Å². The van der Waals surface area contributed by atoms with E-state index in [2.05, 4.69) is 10.9 Å². The largest absolute Gasteiger partial charge is 0.242 e. The van der Waals surface area contributed by atoms with Gasteiger partial charge in [-0.15, -0.1) is 6.42 Å². The number of pyridine rings is 1. The van der Waals surface area contributed by atoms with Gasteiger partial charge in [0.25, 0.3) is 0 Å². The summed E-state index contributed by atoms with van der Waals surface area (Å²) < 4.78 is 13.0. The SMILES string of the molecule is C#Cc1nc(C)cc(C)c1F. The molecule has 0 bridgehead atoms. The lowest BCUT2D eigenvalue weighted by Crippen LogP contribution is -1.95. The first kappa shape index (κ1) is 7.74. The maximum absolute atomic E-state index is 13.0. The number of terminal acetylenes is 1. The smallest absolute Gasteiger partial charge is 0.160 e. The Hall–Kier alpha value is -1.36. The average Bonchev–Trinajstić information content (AvgIpc) is 1.96. The Morgan fingerprint density at radius 3 is 2.73 bits per heavy atom. The molecule has 0 radical (unpaired) electrons. The van der Waals surface area contributed by atoms with Crippen LogP contribution in [0.2, 0.25) is 0 Å². The number of rotatable bonds is 0. The fourth-order valence-electron chi connectivity index (χ4n) is 0.917. The molecular formula is C9H8FN. The van der Waals surface area contributed by atoms with Gasteiger partial charge in [-0.2, -0.15) is 0 Å². The monoisotopic (exact) mass is 149 g/mol. The molecule has 0 aromatic carbocycles. The van der Waals surface area contributed by atoms with E-state index in [4.69, 9.17) is 6.42 Å². The standard InChI is InChI=1S/C9H8FN/c1-4-8-9(10)6(2)5-7(3)11-8/h1,5H,2-3H3. The van der Waals surface area contributed by atoms with E-state index >= 15 is 0 Å². The molecule has 0 unspecified atom stereocenters. The topological polar surface area (TPSA) is 12.9 Å². The van der Waals surface area contributed by atoms with Crippen LogP contribution in [0.5, 0.6) is 0 Å². The second kappa shape index (κ2) is 2.71. The summed E-state index contributed by atoms with van der Waals surface area (Å²) in [5.41, 5.74) is 1.39. The van der Waals surface area contributed by atoms with Crippen LogP contribution in [-0.2, 0) is 0 Å². The maximum Gasteiger partial charge on any atom is 0.160 e. The molecule has 0 atom stereocenters. The minimum Gasteiger partial charge on any atom is -0.242 e. The molecule has 0 aliphatic carbocycles. The predicted molar refractivity (Wildman–Crippen MR) is 41.6 cm³/mol. The van der Waals surface area contributed by atoms with Crippen LogP contribution in [0.25, 0.3) is 0 Å². The van der Waals surface area contributed by atoms with Gasteiger partial charge in [-0.3, -0.25) is 0 Å². The highest BCUT2D eigenvalue weighted by Gasteiger charge is 2.04. The Labute approximate surface area is 65.3 Å². The zero-order valence-corrected chi connectivity index (χ0v) is 6.48. The molecule has 1 aromatic heterocycles. The van der Waals surface area contributed by atoms with E-state index in [1.54, 1.807) is 19.9 Å². The van der Waals surface area contributed by atoms with Crippen molar-refractivity contribution in [1.29, 1.82) is 0 Å². The van der Waals surface area contributed by atoms with Crippen LogP contribution in [0.3, 0.4) is 0 Å². The Bertz CT molecular complexity index is 323. The van der Waals surface area contributed by atoms with Gasteiger partial charge in [0.1, 0.15) is 5.69 Å². The van der Waals surface area contributed by atoms with Crippen LogP contribution in [0.4, 0.5) is 4.39 Å². The first-order chi connectivity index (χ1) is 5.15. The molecule has 0 aliphatic heterocycles. The number of nitrogens with zero attached hydrogens (tertiary/aromatic N) is 1. The van der Waals surface area contributed by atoms with E-state index in [0.29, 0.717) is 5.56 Å². The molecule has 11 heavy (non-hydrogen) atoms. The third kappa shape index (κ3) is 1.38. The lowest BCUT2D eigenvalue weighted by atomic mass is 10.2. The molecule has 0 spiro atoms. The second-order valence-corrected chi connectivity index (χ2v) is 2.39. The molecule has 1 rings (SSSR count). The number of halogens is 1. The van der Waals surface area contributed by atoms with Crippen molar-refractivity contribution in [3.8, 4) is 12.3 Å². The highest BCUT2D eigenvalue weighted by Crippen LogP contribution is 2.09. The number of aryl methyl sites for hydroxylation is 2. The lowest BCUT2D eigenvalue weighted by Gasteiger charge is -1.99. The summed E-state index contributed by atoms with van der Waals surface area (Å²) in [7, 11) is 0. The molecule has 1 nitrogen and oxygen atoms in total. The molecule has 2 heteroatoms. The van der Waals surface area contributed by atoms with Crippen LogP contribution in [-0.4, -0.2) is 4.98 Å². The second-order valence-electron chi connectivity index (χ2n) is 2.39. The maximum atomic E-state index is 13.0. The third-order valence-corrected chi connectivity index (χ3v) is 1.40. The van der Waals surface area contributed by atoms with Crippen molar-refractivity contribution in [1.82, 2.24) is 4.98 Å². The van der Waals surface area contributed by atoms with Gasteiger partial charge in [-0.25, -0.2) is 9.37 Å². The van der Waals surface area contributed by atoms with Crippen LogP contribution >= 0.6 is 0 Å². The van der Waals surface area contributed by atoms with Gasteiger partial charge < -0.3 is 0 Å². The van der Waals surface area contributed by atoms with Crippen molar-refractivity contribution in [3.63, 3.8) is 0 Å². The first-order valence-corrected chi connectivity index (χ1v) is 3.25. The molecule has 0 saturated carbocycles. The van der Waals surface area contributed by atoms with Crippen LogP contribution in [0.1, 0.15) is 17.0 Å². The summed E-state index contributed by atoms with van der Waals surface area (Å²) in [5.74, 6) is 1.80. The van der Waals surface area contributed by atoms with Crippen molar-refractivity contribution in [2.75, 3.05) is 0 Å². The first-order valence-electron chi connectivity index (χ1n) is 3.25. The van der Waals surface area contributed by atoms with Gasteiger partial charge >= 0.3 is 0 Å². The summed E-state index contributed by atoms with van der Waals surface area (Å²) in [6, 6.07) is 1.66. The molecule has 0 amide bonds. The van der Waals surface area contributed by atoms with Crippen molar-refractivity contribution in [2.24, 2.45) is 0 Å². The van der Waals surface area contributed by atoms with Crippen molar-refractivity contribution < 1.29 is 4.39 Å². The summed E-state index contributed by atoms with van der Waals surface area (Å²) in [4.78, 5) is 3.84. The van der Waals surface area contributed by atoms with Crippen molar-refractivity contribution in [3.05, 3.63) is 28.8 Å². The molecular weight excluding hydrogens is 141 g/mol. The van der Waals surface area contributed by atoms with Gasteiger partial charge in [0.2, 0.25) is 0 Å². The fraction of sp³-hybridized carbons (Fsp3) is 0.222. The van der Waals surface area contributed by atoms with Gasteiger partial charge in [0.05, 0.1) is 0 Å². The van der Waals surface area contributed by atoms with E-state index < -0.39 is 5.82 Å². The molecule has 1 aromatic rings. The zero-order chi connectivity index (χ0) is 8.43. The van der Waals surface area contributed by atoms with Crippen LogP contribution in [0.15, 0.2) is 6.07 Å². The molecule has 56 valence electrons. The number of aromatic nitrogens is 1. The van der Waals surface area contributed by atoms with Crippen LogP contribution in [0, 0.1) is 32.0 Å². The molecule has 0 fully saturated rings. The highest BCUT2D eigenvalue weighted by molar-refractivity contribution is 5.32. The molecule has 1 heterocycles. The van der Waals surface area contributed by atoms with Crippen molar-refractivity contribution >= 4 is 0 Å². The average molecular weight is 149 g/mol. The van der Waals surface area contributed by atoms with E-state index in [1.165, 1.54) is 0 Å². The Balaban J connectivity index is 3.39. The van der Waals surface area contributed by atoms with E-state index in [0.717, 1.165) is 5.69 Å². The zero-order valence-electron chi connectivity index (χ0n) is 6.48. The number of hydrogen-bond donors (Lipinski definition) is 0. The van der Waals surface area contributed by atoms with E-state index in [1.807, 2.05) is 0 Å². The quantitative estimate of drug-likeness (QED) is 0.513. The summed E-state index contributed by atoms with van der Waals surface area (Å²) >= 11 is 0. The Morgan fingerprint density at radius 1 is 1.55 bits per heavy atom.